The molecule has 2 heterocycles. The molecule has 1 aromatic heterocycles. The molecule has 0 radical (unpaired) electrons. The molecule has 2 aromatic carbocycles. The van der Waals surface area contributed by atoms with Gasteiger partial charge in [0, 0.05) is 19.0 Å². The van der Waals surface area contributed by atoms with E-state index in [1.165, 1.54) is 12.1 Å². The summed E-state index contributed by atoms with van der Waals surface area (Å²) in [6.45, 7) is 3.20. The van der Waals surface area contributed by atoms with Crippen LogP contribution in [0.2, 0.25) is 0 Å². The molecule has 146 valence electrons. The summed E-state index contributed by atoms with van der Waals surface area (Å²) in [6.07, 6.45) is 1.62. The highest BCUT2D eigenvalue weighted by atomic mass is 19.1. The molecule has 0 aliphatic carbocycles. The first-order valence-corrected chi connectivity index (χ1v) is 9.70. The van der Waals surface area contributed by atoms with Crippen molar-refractivity contribution >= 4 is 17.0 Å². The van der Waals surface area contributed by atoms with E-state index < -0.39 is 6.10 Å². The number of halogens is 1. The van der Waals surface area contributed by atoms with Crippen molar-refractivity contribution < 1.29 is 18.3 Å². The number of nitrogens with zero attached hydrogens (tertiary/aromatic N) is 2. The van der Waals surface area contributed by atoms with Gasteiger partial charge in [0.25, 0.3) is 5.91 Å². The number of hydrogen-bond acceptors (Lipinski definition) is 4. The van der Waals surface area contributed by atoms with Gasteiger partial charge in [-0.3, -0.25) is 4.79 Å². The van der Waals surface area contributed by atoms with Crippen molar-refractivity contribution in [1.82, 2.24) is 9.88 Å². The Morgan fingerprint density at radius 1 is 1.21 bits per heavy atom. The van der Waals surface area contributed by atoms with Gasteiger partial charge < -0.3 is 14.1 Å². The van der Waals surface area contributed by atoms with E-state index in [-0.39, 0.29) is 17.6 Å². The van der Waals surface area contributed by atoms with Crippen LogP contribution >= 0.6 is 0 Å². The Labute approximate surface area is 163 Å². The van der Waals surface area contributed by atoms with E-state index in [2.05, 4.69) is 4.98 Å². The number of hydrogen-bond donors (Lipinski definition) is 0. The molecule has 28 heavy (non-hydrogen) atoms. The zero-order chi connectivity index (χ0) is 19.5. The number of ether oxygens (including phenoxy) is 1. The number of likely N-dealkylation sites (tertiary alicyclic amines) is 1. The van der Waals surface area contributed by atoms with Crippen LogP contribution in [0.5, 0.6) is 5.75 Å². The SMILES string of the molecule is CC[C@@H](Oc1ccc(F)cc1)C(=O)N1CCC(c2nc3ccccc3o2)CC1. The molecule has 0 spiro atoms. The Kier molecular flexibility index (Phi) is 5.28. The van der Waals surface area contributed by atoms with Crippen LogP contribution in [0.4, 0.5) is 4.39 Å². The number of carbonyl (C=O) groups is 1. The van der Waals surface area contributed by atoms with Gasteiger partial charge in [-0.05, 0) is 55.7 Å². The predicted octanol–water partition coefficient (Wildman–Crippen LogP) is 4.53. The smallest absolute Gasteiger partial charge is 0.263 e. The van der Waals surface area contributed by atoms with Gasteiger partial charge in [-0.2, -0.15) is 0 Å². The van der Waals surface area contributed by atoms with Gasteiger partial charge in [0.2, 0.25) is 0 Å². The predicted molar refractivity (Wildman–Crippen MR) is 104 cm³/mol. The lowest BCUT2D eigenvalue weighted by Gasteiger charge is -2.33. The first kappa shape index (κ1) is 18.5. The summed E-state index contributed by atoms with van der Waals surface area (Å²) < 4.78 is 24.7. The van der Waals surface area contributed by atoms with Crippen molar-refractivity contribution in [1.29, 1.82) is 0 Å². The molecule has 6 heteroatoms. The fourth-order valence-electron chi connectivity index (χ4n) is 3.60. The molecule has 1 atom stereocenters. The van der Waals surface area contributed by atoms with Crippen LogP contribution in [-0.4, -0.2) is 35.0 Å². The third-order valence-electron chi connectivity index (χ3n) is 5.20. The first-order chi connectivity index (χ1) is 13.6. The number of para-hydroxylation sites is 2. The lowest BCUT2D eigenvalue weighted by atomic mass is 9.96. The number of amides is 1. The largest absolute Gasteiger partial charge is 0.481 e. The maximum atomic E-state index is 13.1. The number of rotatable bonds is 5. The number of fused-ring (bicyclic) bond motifs is 1. The van der Waals surface area contributed by atoms with Gasteiger partial charge in [0.15, 0.2) is 17.6 Å². The zero-order valence-electron chi connectivity index (χ0n) is 15.8. The highest BCUT2D eigenvalue weighted by Crippen LogP contribution is 2.30. The fraction of sp³-hybridized carbons (Fsp3) is 0.364. The Balaban J connectivity index is 1.37. The van der Waals surface area contributed by atoms with Gasteiger partial charge in [-0.25, -0.2) is 9.37 Å². The second kappa shape index (κ2) is 8.00. The summed E-state index contributed by atoms with van der Waals surface area (Å²) in [6, 6.07) is 13.5. The van der Waals surface area contributed by atoms with Crippen LogP contribution in [0.1, 0.15) is 38.0 Å². The van der Waals surface area contributed by atoms with E-state index in [1.54, 1.807) is 12.1 Å². The third-order valence-corrected chi connectivity index (χ3v) is 5.20. The summed E-state index contributed by atoms with van der Waals surface area (Å²) in [5.41, 5.74) is 1.67. The molecule has 0 unspecified atom stereocenters. The zero-order valence-corrected chi connectivity index (χ0v) is 15.8. The van der Waals surface area contributed by atoms with Crippen LogP contribution in [0.25, 0.3) is 11.1 Å². The monoisotopic (exact) mass is 382 g/mol. The normalized spacial score (nSPS) is 16.3. The molecule has 3 aromatic rings. The lowest BCUT2D eigenvalue weighted by Crippen LogP contribution is -2.45. The van der Waals surface area contributed by atoms with E-state index in [0.717, 1.165) is 29.8 Å². The quantitative estimate of drug-likeness (QED) is 0.651. The maximum absolute atomic E-state index is 13.1. The van der Waals surface area contributed by atoms with E-state index in [9.17, 15) is 9.18 Å². The summed E-state index contributed by atoms with van der Waals surface area (Å²) in [5.74, 6) is 1.12. The fourth-order valence-corrected chi connectivity index (χ4v) is 3.60. The third kappa shape index (κ3) is 3.86. The molecule has 0 saturated carbocycles. The van der Waals surface area contributed by atoms with Crippen LogP contribution in [-0.2, 0) is 4.79 Å². The number of piperidine rings is 1. The summed E-state index contributed by atoms with van der Waals surface area (Å²) >= 11 is 0. The van der Waals surface area contributed by atoms with E-state index in [1.807, 2.05) is 36.1 Å². The van der Waals surface area contributed by atoms with Crippen LogP contribution in [0, 0.1) is 5.82 Å². The molecule has 1 aliphatic heterocycles. The van der Waals surface area contributed by atoms with Crippen molar-refractivity contribution in [3.63, 3.8) is 0 Å². The molecule has 5 nitrogen and oxygen atoms in total. The minimum atomic E-state index is -0.564. The van der Waals surface area contributed by atoms with Gasteiger partial charge >= 0.3 is 0 Å². The van der Waals surface area contributed by atoms with Gasteiger partial charge in [0.05, 0.1) is 0 Å². The van der Waals surface area contributed by atoms with Crippen molar-refractivity contribution in [3.05, 3.63) is 60.2 Å². The Morgan fingerprint density at radius 2 is 1.93 bits per heavy atom. The molecule has 1 aliphatic rings. The number of oxazole rings is 1. The molecular weight excluding hydrogens is 359 g/mol. The maximum Gasteiger partial charge on any atom is 0.263 e. The Morgan fingerprint density at radius 3 is 2.61 bits per heavy atom. The van der Waals surface area contributed by atoms with Crippen molar-refractivity contribution in [2.24, 2.45) is 0 Å². The van der Waals surface area contributed by atoms with E-state index >= 15 is 0 Å². The first-order valence-electron chi connectivity index (χ1n) is 9.70. The highest BCUT2D eigenvalue weighted by molar-refractivity contribution is 5.81. The minimum absolute atomic E-state index is 0.0251. The van der Waals surface area contributed by atoms with Crippen molar-refractivity contribution in [3.8, 4) is 5.75 Å². The lowest BCUT2D eigenvalue weighted by molar-refractivity contribution is -0.140. The van der Waals surface area contributed by atoms with Crippen LogP contribution in [0.15, 0.2) is 52.9 Å². The van der Waals surface area contributed by atoms with Gasteiger partial charge in [-0.15, -0.1) is 0 Å². The number of carbonyl (C=O) groups excluding carboxylic acids is 1. The summed E-state index contributed by atoms with van der Waals surface area (Å²) in [4.78, 5) is 19.3. The standard InChI is InChI=1S/C22H23FN2O3/c1-2-19(27-17-9-7-16(23)8-10-17)22(26)25-13-11-15(12-14-25)21-24-18-5-3-4-6-20(18)28-21/h3-10,15,19H,2,11-14H2,1H3/t19-/m1/s1. The average Bonchev–Trinajstić information content (AvgIpc) is 3.17. The molecule has 4 rings (SSSR count). The summed E-state index contributed by atoms with van der Waals surface area (Å²) in [7, 11) is 0. The Bertz CT molecular complexity index is 913. The molecule has 0 N–H and O–H groups in total. The van der Waals surface area contributed by atoms with Crippen molar-refractivity contribution in [2.75, 3.05) is 13.1 Å². The molecule has 1 saturated heterocycles. The minimum Gasteiger partial charge on any atom is -0.481 e. The van der Waals surface area contributed by atoms with E-state index in [4.69, 9.17) is 9.15 Å². The average molecular weight is 382 g/mol. The second-order valence-corrected chi connectivity index (χ2v) is 7.09. The highest BCUT2D eigenvalue weighted by Gasteiger charge is 2.31. The molecule has 1 fully saturated rings. The number of aromatic nitrogens is 1. The van der Waals surface area contributed by atoms with Crippen LogP contribution in [0.3, 0.4) is 0 Å². The van der Waals surface area contributed by atoms with Gasteiger partial charge in [0.1, 0.15) is 17.1 Å². The summed E-state index contributed by atoms with van der Waals surface area (Å²) in [5, 5.41) is 0. The van der Waals surface area contributed by atoms with Gasteiger partial charge in [-0.1, -0.05) is 19.1 Å². The molecular formula is C22H23FN2O3. The topological polar surface area (TPSA) is 55.6 Å². The molecule has 1 amide bonds. The Hall–Kier alpha value is -2.89. The number of benzene rings is 2. The molecule has 0 bridgehead atoms. The van der Waals surface area contributed by atoms with Crippen molar-refractivity contribution in [2.45, 2.75) is 38.2 Å². The van der Waals surface area contributed by atoms with Crippen LogP contribution < -0.4 is 4.74 Å². The second-order valence-electron chi connectivity index (χ2n) is 7.09. The van der Waals surface area contributed by atoms with E-state index in [0.29, 0.717) is 25.3 Å².